The molecular weight excluding hydrogens is 166 g/mol. The fourth-order valence-electron chi connectivity index (χ4n) is 1.05. The lowest BCUT2D eigenvalue weighted by atomic mass is 9.93. The predicted molar refractivity (Wildman–Crippen MR) is 54.7 cm³/mol. The van der Waals surface area contributed by atoms with Gasteiger partial charge in [-0.05, 0) is 11.8 Å². The minimum absolute atomic E-state index is 0.364. The first-order chi connectivity index (χ1) is 5.51. The monoisotopic (exact) mass is 183 g/mol. The van der Waals surface area contributed by atoms with E-state index < -0.39 is 0 Å². The van der Waals surface area contributed by atoms with E-state index in [4.69, 9.17) is 0 Å². The second kappa shape index (κ2) is 3.56. The summed E-state index contributed by atoms with van der Waals surface area (Å²) < 4.78 is 0. The van der Waals surface area contributed by atoms with Crippen molar-refractivity contribution in [2.45, 2.75) is 40.5 Å². The maximum Gasteiger partial charge on any atom is 0.0932 e. The summed E-state index contributed by atoms with van der Waals surface area (Å²) >= 11 is 1.85. The average molecular weight is 183 g/mol. The van der Waals surface area contributed by atoms with Gasteiger partial charge in [0.25, 0.3) is 0 Å². The molecule has 1 aromatic heterocycles. The molecule has 2 heteroatoms. The topological polar surface area (TPSA) is 12.9 Å². The van der Waals surface area contributed by atoms with E-state index >= 15 is 0 Å². The van der Waals surface area contributed by atoms with Crippen molar-refractivity contribution < 1.29 is 0 Å². The first kappa shape index (κ1) is 9.72. The van der Waals surface area contributed by atoms with Gasteiger partial charge >= 0.3 is 0 Å². The fourth-order valence-corrected chi connectivity index (χ4v) is 2.21. The number of rotatable bonds is 2. The molecule has 0 saturated heterocycles. The van der Waals surface area contributed by atoms with Crippen LogP contribution >= 0.6 is 11.3 Å². The molecule has 0 N–H and O–H groups in total. The molecule has 0 amide bonds. The van der Waals surface area contributed by atoms with Gasteiger partial charge in [0.1, 0.15) is 0 Å². The van der Waals surface area contributed by atoms with Gasteiger partial charge in [0.15, 0.2) is 0 Å². The Hall–Kier alpha value is -0.370. The molecule has 0 aliphatic rings. The minimum atomic E-state index is 0.364. The van der Waals surface area contributed by atoms with Gasteiger partial charge in [-0.1, -0.05) is 27.7 Å². The number of aryl methyl sites for hydroxylation is 1. The van der Waals surface area contributed by atoms with Crippen molar-refractivity contribution in [2.75, 3.05) is 0 Å². The maximum atomic E-state index is 4.39. The van der Waals surface area contributed by atoms with Gasteiger partial charge in [0.05, 0.1) is 5.01 Å². The lowest BCUT2D eigenvalue weighted by Gasteiger charge is -2.15. The fraction of sp³-hybridized carbons (Fsp3) is 0.700. The average Bonchev–Trinajstić information content (AvgIpc) is 2.32. The SMILES string of the molecule is CCc1cnc(CC(C)(C)C)s1. The van der Waals surface area contributed by atoms with Gasteiger partial charge in [-0.25, -0.2) is 4.98 Å². The highest BCUT2D eigenvalue weighted by molar-refractivity contribution is 7.11. The van der Waals surface area contributed by atoms with Crippen LogP contribution in [0.5, 0.6) is 0 Å². The van der Waals surface area contributed by atoms with Gasteiger partial charge in [0.2, 0.25) is 0 Å². The van der Waals surface area contributed by atoms with Crippen LogP contribution in [0.3, 0.4) is 0 Å². The zero-order valence-electron chi connectivity index (χ0n) is 8.35. The van der Waals surface area contributed by atoms with E-state index in [-0.39, 0.29) is 0 Å². The molecule has 1 aromatic rings. The van der Waals surface area contributed by atoms with E-state index in [0.717, 1.165) is 12.8 Å². The van der Waals surface area contributed by atoms with Crippen LogP contribution in [0.15, 0.2) is 6.20 Å². The molecule has 0 atom stereocenters. The first-order valence-corrected chi connectivity index (χ1v) is 5.26. The molecule has 1 rings (SSSR count). The van der Waals surface area contributed by atoms with E-state index in [1.54, 1.807) is 0 Å². The number of nitrogens with zero attached hydrogens (tertiary/aromatic N) is 1. The molecule has 0 aliphatic heterocycles. The minimum Gasteiger partial charge on any atom is -0.249 e. The normalized spacial score (nSPS) is 12.0. The van der Waals surface area contributed by atoms with Crippen LogP contribution in [0.2, 0.25) is 0 Å². The second-order valence-electron chi connectivity index (χ2n) is 4.31. The summed E-state index contributed by atoms with van der Waals surface area (Å²) in [4.78, 5) is 5.79. The molecule has 0 radical (unpaired) electrons. The highest BCUT2D eigenvalue weighted by atomic mass is 32.1. The van der Waals surface area contributed by atoms with Crippen LogP contribution < -0.4 is 0 Å². The van der Waals surface area contributed by atoms with E-state index in [9.17, 15) is 0 Å². The molecule has 68 valence electrons. The highest BCUT2D eigenvalue weighted by Gasteiger charge is 2.13. The Morgan fingerprint density at radius 1 is 1.42 bits per heavy atom. The van der Waals surface area contributed by atoms with Crippen molar-refractivity contribution in [2.24, 2.45) is 5.41 Å². The van der Waals surface area contributed by atoms with Crippen LogP contribution in [0.25, 0.3) is 0 Å². The number of hydrogen-bond donors (Lipinski definition) is 0. The van der Waals surface area contributed by atoms with Crippen molar-refractivity contribution in [3.8, 4) is 0 Å². The number of hydrogen-bond acceptors (Lipinski definition) is 2. The predicted octanol–water partition coefficient (Wildman–Crippen LogP) is 3.29. The quantitative estimate of drug-likeness (QED) is 0.685. The Bertz CT molecular complexity index is 245. The molecule has 12 heavy (non-hydrogen) atoms. The smallest absolute Gasteiger partial charge is 0.0932 e. The maximum absolute atomic E-state index is 4.39. The molecule has 0 fully saturated rings. The zero-order chi connectivity index (χ0) is 9.19. The van der Waals surface area contributed by atoms with Gasteiger partial charge in [0, 0.05) is 17.5 Å². The van der Waals surface area contributed by atoms with Crippen LogP contribution in [0.1, 0.15) is 37.6 Å². The van der Waals surface area contributed by atoms with E-state index in [2.05, 4.69) is 32.7 Å². The summed E-state index contributed by atoms with van der Waals surface area (Å²) in [5.74, 6) is 0. The van der Waals surface area contributed by atoms with E-state index in [1.807, 2.05) is 17.5 Å². The number of thiazole rings is 1. The Labute approximate surface area is 78.8 Å². The Morgan fingerprint density at radius 3 is 2.50 bits per heavy atom. The molecule has 0 bridgehead atoms. The molecule has 0 unspecified atom stereocenters. The third kappa shape index (κ3) is 2.94. The molecular formula is C10H17NS. The largest absolute Gasteiger partial charge is 0.249 e. The van der Waals surface area contributed by atoms with Crippen LogP contribution in [0, 0.1) is 5.41 Å². The summed E-state index contributed by atoms with van der Waals surface area (Å²) in [5, 5.41) is 1.28. The molecule has 0 aliphatic carbocycles. The Balaban J connectivity index is 2.64. The zero-order valence-corrected chi connectivity index (χ0v) is 9.16. The molecule has 0 aromatic carbocycles. The van der Waals surface area contributed by atoms with Crippen molar-refractivity contribution >= 4 is 11.3 Å². The van der Waals surface area contributed by atoms with Crippen molar-refractivity contribution in [1.29, 1.82) is 0 Å². The third-order valence-corrected chi connectivity index (χ3v) is 2.77. The van der Waals surface area contributed by atoms with Crippen LogP contribution in [-0.2, 0) is 12.8 Å². The summed E-state index contributed by atoms with van der Waals surface area (Å²) in [7, 11) is 0. The Morgan fingerprint density at radius 2 is 2.08 bits per heavy atom. The standard InChI is InChI=1S/C10H17NS/c1-5-8-7-11-9(12-8)6-10(2,3)4/h7H,5-6H2,1-4H3. The first-order valence-electron chi connectivity index (χ1n) is 4.45. The van der Waals surface area contributed by atoms with Gasteiger partial charge < -0.3 is 0 Å². The number of aromatic nitrogens is 1. The van der Waals surface area contributed by atoms with Crippen LogP contribution in [-0.4, -0.2) is 4.98 Å². The van der Waals surface area contributed by atoms with Crippen molar-refractivity contribution in [3.63, 3.8) is 0 Å². The van der Waals surface area contributed by atoms with Gasteiger partial charge in [-0.3, -0.25) is 0 Å². The van der Waals surface area contributed by atoms with E-state index in [1.165, 1.54) is 9.88 Å². The van der Waals surface area contributed by atoms with Crippen LogP contribution in [0.4, 0.5) is 0 Å². The molecule has 0 saturated carbocycles. The molecule has 1 heterocycles. The van der Waals surface area contributed by atoms with Gasteiger partial charge in [-0.15, -0.1) is 11.3 Å². The highest BCUT2D eigenvalue weighted by Crippen LogP contribution is 2.23. The Kier molecular flexibility index (Phi) is 2.89. The van der Waals surface area contributed by atoms with Gasteiger partial charge in [-0.2, -0.15) is 0 Å². The van der Waals surface area contributed by atoms with Crippen molar-refractivity contribution in [3.05, 3.63) is 16.1 Å². The summed E-state index contributed by atoms with van der Waals surface area (Å²) in [6.07, 6.45) is 4.21. The summed E-state index contributed by atoms with van der Waals surface area (Å²) in [6.45, 7) is 8.93. The molecule has 1 nitrogen and oxygen atoms in total. The molecule has 0 spiro atoms. The summed E-state index contributed by atoms with van der Waals surface area (Å²) in [5.41, 5.74) is 0.364. The third-order valence-electron chi connectivity index (χ3n) is 1.63. The lowest BCUT2D eigenvalue weighted by molar-refractivity contribution is 0.410. The van der Waals surface area contributed by atoms with E-state index in [0.29, 0.717) is 5.41 Å². The van der Waals surface area contributed by atoms with Crippen molar-refractivity contribution in [1.82, 2.24) is 4.98 Å². The summed E-state index contributed by atoms with van der Waals surface area (Å²) in [6, 6.07) is 0. The second-order valence-corrected chi connectivity index (χ2v) is 5.51. The lowest BCUT2D eigenvalue weighted by Crippen LogP contribution is -2.08.